The largest absolute Gasteiger partial charge is 0.389 e. The van der Waals surface area contributed by atoms with Crippen LogP contribution in [0.1, 0.15) is 25.5 Å². The Bertz CT molecular complexity index is 302. The van der Waals surface area contributed by atoms with E-state index in [1.54, 1.807) is 13.8 Å². The van der Waals surface area contributed by atoms with Crippen molar-refractivity contribution in [3.05, 3.63) is 29.8 Å². The fourth-order valence-electron chi connectivity index (χ4n) is 1.03. The summed E-state index contributed by atoms with van der Waals surface area (Å²) in [4.78, 5) is 4.07. The molecule has 0 radical (unpaired) electrons. The molecule has 14 heavy (non-hydrogen) atoms. The van der Waals surface area contributed by atoms with E-state index in [-0.39, 0.29) is 17.0 Å². The molecule has 0 saturated carbocycles. The summed E-state index contributed by atoms with van der Waals surface area (Å²) in [7, 11) is 0. The first-order valence-electron chi connectivity index (χ1n) is 4.18. The van der Waals surface area contributed by atoms with Crippen molar-refractivity contribution in [1.29, 1.82) is 0 Å². The summed E-state index contributed by atoms with van der Waals surface area (Å²) >= 11 is 0. The first-order valence-corrected chi connectivity index (χ1v) is 4.18. The number of aliphatic hydroxyl groups excluding tert-OH is 1. The van der Waals surface area contributed by atoms with Crippen molar-refractivity contribution in [1.82, 2.24) is 0 Å². The number of halogens is 1. The monoisotopic (exact) mass is 258 g/mol. The van der Waals surface area contributed by atoms with Crippen LogP contribution in [-0.4, -0.2) is 10.9 Å². The lowest BCUT2D eigenvalue weighted by Gasteiger charge is -2.03. The van der Waals surface area contributed by atoms with Gasteiger partial charge in [-0.05, 0) is 31.5 Å². The Labute approximate surface area is 94.4 Å². The van der Waals surface area contributed by atoms with Crippen molar-refractivity contribution in [2.75, 3.05) is 0 Å². The Morgan fingerprint density at radius 3 is 2.21 bits per heavy atom. The number of aliphatic imine (C=N–C) groups is 1. The van der Waals surface area contributed by atoms with Crippen molar-refractivity contribution in [2.45, 2.75) is 20.0 Å². The Hall–Kier alpha value is -0.870. The van der Waals surface area contributed by atoms with Crippen molar-refractivity contribution >= 4 is 28.5 Å². The molecule has 0 aliphatic carbocycles. The van der Waals surface area contributed by atoms with Crippen LogP contribution in [0.5, 0.6) is 0 Å². The van der Waals surface area contributed by atoms with Gasteiger partial charge in [0.2, 0.25) is 0 Å². The van der Waals surface area contributed by atoms with Crippen LogP contribution in [0.3, 0.4) is 0 Å². The van der Waals surface area contributed by atoms with Gasteiger partial charge in [0.1, 0.15) is 0 Å². The maximum absolute atomic E-state index is 9.24. The molecule has 3 N–H and O–H groups in total. The molecule has 1 rings (SSSR count). The molecule has 3 nitrogen and oxygen atoms in total. The average molecular weight is 259 g/mol. The van der Waals surface area contributed by atoms with Gasteiger partial charge in [-0.15, -0.1) is 17.0 Å². The summed E-state index contributed by atoms with van der Waals surface area (Å²) in [6.45, 7) is 3.47. The zero-order valence-corrected chi connectivity index (χ0v) is 9.98. The van der Waals surface area contributed by atoms with Gasteiger partial charge < -0.3 is 10.8 Å². The summed E-state index contributed by atoms with van der Waals surface area (Å²) in [5, 5.41) is 9.24. The summed E-state index contributed by atoms with van der Waals surface area (Å²) < 4.78 is 0. The van der Waals surface area contributed by atoms with Gasteiger partial charge in [0.05, 0.1) is 17.6 Å². The van der Waals surface area contributed by atoms with E-state index in [1.165, 1.54) is 0 Å². The van der Waals surface area contributed by atoms with Gasteiger partial charge in [-0.3, -0.25) is 0 Å². The maximum Gasteiger partial charge on any atom is 0.0964 e. The van der Waals surface area contributed by atoms with Crippen molar-refractivity contribution in [3.63, 3.8) is 0 Å². The smallest absolute Gasteiger partial charge is 0.0964 e. The lowest BCUT2D eigenvalue weighted by atomic mass is 10.1. The summed E-state index contributed by atoms with van der Waals surface area (Å²) in [6.07, 6.45) is -0.433. The fourth-order valence-corrected chi connectivity index (χ4v) is 1.03. The predicted octanol–water partition coefficient (Wildman–Crippen LogP) is 2.33. The number of hydrogen-bond donors (Lipinski definition) is 2. The molecule has 1 atom stereocenters. The van der Waals surface area contributed by atoms with Gasteiger partial charge in [0, 0.05) is 0 Å². The molecule has 1 unspecified atom stereocenters. The van der Waals surface area contributed by atoms with Crippen LogP contribution in [-0.2, 0) is 0 Å². The summed E-state index contributed by atoms with van der Waals surface area (Å²) in [5.41, 5.74) is 7.12. The Morgan fingerprint density at radius 1 is 1.36 bits per heavy atom. The highest BCUT2D eigenvalue weighted by molar-refractivity contribution is 8.93. The van der Waals surface area contributed by atoms with Crippen molar-refractivity contribution < 1.29 is 5.11 Å². The van der Waals surface area contributed by atoms with E-state index >= 15 is 0 Å². The Balaban J connectivity index is 0.00000169. The topological polar surface area (TPSA) is 58.6 Å². The number of benzene rings is 1. The minimum atomic E-state index is -0.433. The number of rotatable bonds is 2. The van der Waals surface area contributed by atoms with Crippen LogP contribution >= 0.6 is 17.0 Å². The number of nitrogens with zero attached hydrogens (tertiary/aromatic N) is 1. The van der Waals surface area contributed by atoms with Crippen LogP contribution in [0.25, 0.3) is 0 Å². The molecule has 0 spiro atoms. The molecular weight excluding hydrogens is 244 g/mol. The van der Waals surface area contributed by atoms with Crippen LogP contribution in [0.2, 0.25) is 0 Å². The first-order chi connectivity index (χ1) is 6.09. The van der Waals surface area contributed by atoms with E-state index in [4.69, 9.17) is 5.73 Å². The standard InChI is InChI=1S/C10H14N2O.BrH/c1-7(13)9-3-5-10(6-4-9)12-8(2)11;/h3-7,13H,1-2H3,(H2,11,12);1H. The number of aliphatic hydroxyl groups is 1. The maximum atomic E-state index is 9.24. The molecule has 4 heteroatoms. The summed E-state index contributed by atoms with van der Waals surface area (Å²) in [5.74, 6) is 0.532. The SMILES string of the molecule is Br.CC(N)=Nc1ccc(C(C)O)cc1. The number of hydrogen-bond acceptors (Lipinski definition) is 2. The van der Waals surface area contributed by atoms with Crippen molar-refractivity contribution in [2.24, 2.45) is 10.7 Å². The first kappa shape index (κ1) is 13.1. The summed E-state index contributed by atoms with van der Waals surface area (Å²) in [6, 6.07) is 7.34. The van der Waals surface area contributed by atoms with Gasteiger partial charge in [-0.2, -0.15) is 0 Å². The highest BCUT2D eigenvalue weighted by atomic mass is 79.9. The average Bonchev–Trinajstić information content (AvgIpc) is 2.04. The quantitative estimate of drug-likeness (QED) is 0.632. The lowest BCUT2D eigenvalue weighted by molar-refractivity contribution is 0.199. The van der Waals surface area contributed by atoms with Crippen molar-refractivity contribution in [3.8, 4) is 0 Å². The van der Waals surface area contributed by atoms with E-state index in [1.807, 2.05) is 24.3 Å². The second kappa shape index (κ2) is 5.78. The third-order valence-electron chi connectivity index (χ3n) is 1.68. The van der Waals surface area contributed by atoms with Gasteiger partial charge in [-0.1, -0.05) is 12.1 Å². The van der Waals surface area contributed by atoms with E-state index in [0.29, 0.717) is 5.84 Å². The Morgan fingerprint density at radius 2 is 1.86 bits per heavy atom. The van der Waals surface area contributed by atoms with Crippen LogP contribution in [0.4, 0.5) is 5.69 Å². The van der Waals surface area contributed by atoms with Crippen LogP contribution < -0.4 is 5.73 Å². The minimum absolute atomic E-state index is 0. The molecule has 78 valence electrons. The molecule has 0 bridgehead atoms. The molecule has 0 saturated heterocycles. The van der Waals surface area contributed by atoms with E-state index < -0.39 is 6.10 Å². The molecule has 0 amide bonds. The molecule has 1 aromatic carbocycles. The number of amidine groups is 1. The molecule has 0 aliphatic heterocycles. The normalized spacial score (nSPS) is 13.2. The second-order valence-electron chi connectivity index (χ2n) is 3.02. The molecule has 0 aliphatic rings. The number of nitrogens with two attached hydrogens (primary N) is 1. The zero-order chi connectivity index (χ0) is 9.84. The van der Waals surface area contributed by atoms with Gasteiger partial charge in [0.25, 0.3) is 0 Å². The van der Waals surface area contributed by atoms with E-state index in [9.17, 15) is 5.11 Å². The van der Waals surface area contributed by atoms with E-state index in [0.717, 1.165) is 11.3 Å². The van der Waals surface area contributed by atoms with Gasteiger partial charge in [-0.25, -0.2) is 4.99 Å². The van der Waals surface area contributed by atoms with Crippen LogP contribution in [0, 0.1) is 0 Å². The third kappa shape index (κ3) is 3.89. The fraction of sp³-hybridized carbons (Fsp3) is 0.300. The second-order valence-corrected chi connectivity index (χ2v) is 3.02. The molecular formula is C10H15BrN2O. The highest BCUT2D eigenvalue weighted by Gasteiger charge is 1.98. The zero-order valence-electron chi connectivity index (χ0n) is 8.27. The van der Waals surface area contributed by atoms with E-state index in [2.05, 4.69) is 4.99 Å². The molecule has 1 aromatic rings. The highest BCUT2D eigenvalue weighted by Crippen LogP contribution is 2.17. The third-order valence-corrected chi connectivity index (χ3v) is 1.68. The van der Waals surface area contributed by atoms with Gasteiger partial charge >= 0.3 is 0 Å². The Kier molecular flexibility index (Phi) is 5.42. The predicted molar refractivity (Wildman–Crippen MR) is 64.4 cm³/mol. The lowest BCUT2D eigenvalue weighted by Crippen LogP contribution is -2.03. The minimum Gasteiger partial charge on any atom is -0.389 e. The van der Waals surface area contributed by atoms with Gasteiger partial charge in [0.15, 0.2) is 0 Å². The van der Waals surface area contributed by atoms with Crippen LogP contribution in [0.15, 0.2) is 29.3 Å². The molecule has 0 aromatic heterocycles. The molecule has 0 fully saturated rings. The molecule has 0 heterocycles.